The highest BCUT2D eigenvalue weighted by atomic mass is 32.2. The minimum Gasteiger partial charge on any atom is -0.354 e. The van der Waals surface area contributed by atoms with Gasteiger partial charge in [0.15, 0.2) is 0 Å². The molecule has 10 heteroatoms. The molecule has 1 N–H and O–H groups in total. The van der Waals surface area contributed by atoms with E-state index >= 15 is 0 Å². The van der Waals surface area contributed by atoms with Gasteiger partial charge in [0, 0.05) is 18.7 Å². The second kappa shape index (κ2) is 12.8. The van der Waals surface area contributed by atoms with Crippen LogP contribution in [-0.4, -0.2) is 44.3 Å². The van der Waals surface area contributed by atoms with E-state index in [2.05, 4.69) is 5.32 Å². The van der Waals surface area contributed by atoms with Gasteiger partial charge in [-0.3, -0.25) is 13.9 Å². The van der Waals surface area contributed by atoms with E-state index in [1.54, 1.807) is 30.3 Å². The van der Waals surface area contributed by atoms with Crippen molar-refractivity contribution in [2.24, 2.45) is 5.92 Å². The molecule has 0 aliphatic rings. The summed E-state index contributed by atoms with van der Waals surface area (Å²) >= 11 is 0. The van der Waals surface area contributed by atoms with Gasteiger partial charge in [0.1, 0.15) is 24.2 Å². The largest absolute Gasteiger partial charge is 0.354 e. The Hall–Kier alpha value is -3.79. The van der Waals surface area contributed by atoms with Crippen LogP contribution in [-0.2, 0) is 26.2 Å². The first-order valence-electron chi connectivity index (χ1n) is 12.6. The van der Waals surface area contributed by atoms with E-state index in [1.165, 1.54) is 25.1 Å². The highest BCUT2D eigenvalue weighted by Crippen LogP contribution is 2.25. The molecule has 0 saturated heterocycles. The molecular weight excluding hydrogens is 524 g/mol. The van der Waals surface area contributed by atoms with E-state index in [-0.39, 0.29) is 28.6 Å². The van der Waals surface area contributed by atoms with E-state index in [0.717, 1.165) is 39.0 Å². The van der Waals surface area contributed by atoms with Crippen LogP contribution in [0.2, 0.25) is 0 Å². The molecule has 0 saturated carbocycles. The zero-order valence-electron chi connectivity index (χ0n) is 22.4. The first-order chi connectivity index (χ1) is 18.4. The molecule has 0 aliphatic carbocycles. The molecule has 0 radical (unpaired) electrons. The number of rotatable bonds is 11. The standard InChI is InChI=1S/C29H33F2N3O4S/c1-20(2)17-32-29(36)22(4)33(18-23-7-5-6-8-27(23)31)28(35)19-34(25-13-9-21(3)10-14-25)39(37,38)26-15-11-24(30)12-16-26/h5-16,20,22H,17-19H2,1-4H3,(H,32,36)/t22-/m1/s1. The molecule has 2 amide bonds. The van der Waals surface area contributed by atoms with E-state index < -0.39 is 46.1 Å². The average Bonchev–Trinajstić information content (AvgIpc) is 2.90. The van der Waals surface area contributed by atoms with Crippen LogP contribution in [0.25, 0.3) is 0 Å². The number of benzene rings is 3. The minimum absolute atomic E-state index is 0.162. The van der Waals surface area contributed by atoms with Gasteiger partial charge in [-0.25, -0.2) is 17.2 Å². The van der Waals surface area contributed by atoms with Gasteiger partial charge in [0.25, 0.3) is 10.0 Å². The van der Waals surface area contributed by atoms with Gasteiger partial charge in [-0.2, -0.15) is 0 Å². The normalized spacial score (nSPS) is 12.2. The molecule has 39 heavy (non-hydrogen) atoms. The molecule has 3 rings (SSSR count). The zero-order valence-corrected chi connectivity index (χ0v) is 23.2. The van der Waals surface area contributed by atoms with Crippen LogP contribution < -0.4 is 9.62 Å². The lowest BCUT2D eigenvalue weighted by molar-refractivity contribution is -0.139. The van der Waals surface area contributed by atoms with Crippen molar-refractivity contribution in [2.75, 3.05) is 17.4 Å². The molecule has 0 unspecified atom stereocenters. The Kier molecular flexibility index (Phi) is 9.80. The third kappa shape index (κ3) is 7.63. The Morgan fingerprint density at radius 1 is 0.897 bits per heavy atom. The molecule has 0 spiro atoms. The highest BCUT2D eigenvalue weighted by Gasteiger charge is 2.33. The first kappa shape index (κ1) is 29.8. The molecule has 208 valence electrons. The molecule has 3 aromatic carbocycles. The molecule has 3 aromatic rings. The first-order valence-corrected chi connectivity index (χ1v) is 14.0. The van der Waals surface area contributed by atoms with Crippen molar-refractivity contribution >= 4 is 27.5 Å². The minimum atomic E-state index is -4.32. The summed E-state index contributed by atoms with van der Waals surface area (Å²) in [5, 5.41) is 2.78. The van der Waals surface area contributed by atoms with Crippen LogP contribution in [0.1, 0.15) is 31.9 Å². The number of nitrogens with zero attached hydrogens (tertiary/aromatic N) is 2. The number of sulfonamides is 1. The van der Waals surface area contributed by atoms with Gasteiger partial charge in [-0.05, 0) is 62.2 Å². The Balaban J connectivity index is 2.01. The van der Waals surface area contributed by atoms with Gasteiger partial charge < -0.3 is 10.2 Å². The summed E-state index contributed by atoms with van der Waals surface area (Å²) in [5.41, 5.74) is 1.26. The Labute approximate surface area is 228 Å². The number of amides is 2. The zero-order chi connectivity index (χ0) is 28.7. The molecule has 0 aliphatic heterocycles. The van der Waals surface area contributed by atoms with Gasteiger partial charge in [-0.15, -0.1) is 0 Å². The summed E-state index contributed by atoms with van der Waals surface area (Å²) in [4.78, 5) is 27.7. The maximum Gasteiger partial charge on any atom is 0.264 e. The van der Waals surface area contributed by atoms with Crippen molar-refractivity contribution in [3.8, 4) is 0 Å². The van der Waals surface area contributed by atoms with Crippen molar-refractivity contribution < 1.29 is 26.8 Å². The van der Waals surface area contributed by atoms with Crippen LogP contribution >= 0.6 is 0 Å². The molecule has 0 fully saturated rings. The lowest BCUT2D eigenvalue weighted by Gasteiger charge is -2.32. The van der Waals surface area contributed by atoms with Crippen molar-refractivity contribution in [1.82, 2.24) is 10.2 Å². The summed E-state index contributed by atoms with van der Waals surface area (Å²) in [6, 6.07) is 15.7. The predicted octanol–water partition coefficient (Wildman–Crippen LogP) is 4.66. The lowest BCUT2D eigenvalue weighted by Crippen LogP contribution is -2.51. The van der Waals surface area contributed by atoms with Crippen molar-refractivity contribution in [1.29, 1.82) is 0 Å². The number of nitrogens with one attached hydrogen (secondary N) is 1. The number of hydrogen-bond acceptors (Lipinski definition) is 4. The van der Waals surface area contributed by atoms with E-state index in [9.17, 15) is 26.8 Å². The third-order valence-corrected chi connectivity index (χ3v) is 7.94. The van der Waals surface area contributed by atoms with Gasteiger partial charge in [0.2, 0.25) is 11.8 Å². The van der Waals surface area contributed by atoms with Crippen molar-refractivity contribution in [3.05, 3.63) is 95.6 Å². The van der Waals surface area contributed by atoms with Gasteiger partial charge in [-0.1, -0.05) is 49.7 Å². The van der Waals surface area contributed by atoms with Crippen LogP contribution in [0.3, 0.4) is 0 Å². The highest BCUT2D eigenvalue weighted by molar-refractivity contribution is 7.92. The fraction of sp³-hybridized carbons (Fsp3) is 0.310. The third-order valence-electron chi connectivity index (χ3n) is 6.15. The second-order valence-corrected chi connectivity index (χ2v) is 11.6. The van der Waals surface area contributed by atoms with Crippen LogP contribution in [0, 0.1) is 24.5 Å². The number of aryl methyl sites for hydroxylation is 1. The summed E-state index contributed by atoms with van der Waals surface area (Å²) in [6.45, 7) is 6.65. The number of hydrogen-bond donors (Lipinski definition) is 1. The predicted molar refractivity (Wildman–Crippen MR) is 146 cm³/mol. The van der Waals surface area contributed by atoms with E-state index in [0.29, 0.717) is 6.54 Å². The summed E-state index contributed by atoms with van der Waals surface area (Å²) in [6.07, 6.45) is 0. The Bertz CT molecular complexity index is 1390. The SMILES string of the molecule is Cc1ccc(N(CC(=O)N(Cc2ccccc2F)[C@H](C)C(=O)NCC(C)C)S(=O)(=O)c2ccc(F)cc2)cc1. The average molecular weight is 558 g/mol. The van der Waals surface area contributed by atoms with Crippen LogP contribution in [0.4, 0.5) is 14.5 Å². The topological polar surface area (TPSA) is 86.8 Å². The lowest BCUT2D eigenvalue weighted by atomic mass is 10.1. The maximum absolute atomic E-state index is 14.6. The number of anilines is 1. The van der Waals surface area contributed by atoms with E-state index in [4.69, 9.17) is 0 Å². The quantitative estimate of drug-likeness (QED) is 0.372. The Morgan fingerprint density at radius 3 is 2.10 bits per heavy atom. The van der Waals surface area contributed by atoms with Gasteiger partial charge >= 0.3 is 0 Å². The summed E-state index contributed by atoms with van der Waals surface area (Å²) in [5.74, 6) is -2.16. The second-order valence-electron chi connectivity index (χ2n) is 9.73. The molecular formula is C29H33F2N3O4S. The number of carbonyl (C=O) groups excluding carboxylic acids is 2. The molecule has 1 atom stereocenters. The molecule has 0 aromatic heterocycles. The smallest absolute Gasteiger partial charge is 0.264 e. The monoisotopic (exact) mass is 557 g/mol. The summed E-state index contributed by atoms with van der Waals surface area (Å²) in [7, 11) is -4.32. The van der Waals surface area contributed by atoms with Crippen LogP contribution in [0.15, 0.2) is 77.7 Å². The van der Waals surface area contributed by atoms with Crippen molar-refractivity contribution in [3.63, 3.8) is 0 Å². The fourth-order valence-electron chi connectivity index (χ4n) is 3.82. The summed E-state index contributed by atoms with van der Waals surface area (Å²) < 4.78 is 56.4. The molecule has 7 nitrogen and oxygen atoms in total. The number of halogens is 2. The van der Waals surface area contributed by atoms with Gasteiger partial charge in [0.05, 0.1) is 10.6 Å². The van der Waals surface area contributed by atoms with Crippen LogP contribution in [0.5, 0.6) is 0 Å². The fourth-order valence-corrected chi connectivity index (χ4v) is 5.23. The molecule has 0 heterocycles. The van der Waals surface area contributed by atoms with Crippen molar-refractivity contribution in [2.45, 2.75) is 45.2 Å². The van der Waals surface area contributed by atoms with E-state index in [1.807, 2.05) is 20.8 Å². The molecule has 0 bridgehead atoms. The Morgan fingerprint density at radius 2 is 1.51 bits per heavy atom. The maximum atomic E-state index is 14.6. The number of carbonyl (C=O) groups is 2.